The van der Waals surface area contributed by atoms with Crippen LogP contribution in [-0.2, 0) is 11.2 Å². The summed E-state index contributed by atoms with van der Waals surface area (Å²) in [6.45, 7) is 4.30. The van der Waals surface area contributed by atoms with Crippen molar-refractivity contribution >= 4 is 17.5 Å². The van der Waals surface area contributed by atoms with Crippen LogP contribution in [0.1, 0.15) is 37.4 Å². The first-order chi connectivity index (χ1) is 11.5. The Hall–Kier alpha value is -2.00. The van der Waals surface area contributed by atoms with Crippen LogP contribution in [0.15, 0.2) is 48.5 Å². The molecule has 0 aliphatic heterocycles. The second kappa shape index (κ2) is 8.74. The van der Waals surface area contributed by atoms with Crippen molar-refractivity contribution < 1.29 is 9.53 Å². The second-order valence-electron chi connectivity index (χ2n) is 6.29. The molecule has 0 radical (unpaired) electrons. The summed E-state index contributed by atoms with van der Waals surface area (Å²) >= 11 is 6.15. The van der Waals surface area contributed by atoms with Gasteiger partial charge in [-0.25, -0.2) is 0 Å². The third kappa shape index (κ3) is 5.27. The molecule has 0 heterocycles. The SMILES string of the molecule is COc1ccc([C@H](CC(C)C)NC(=O)Cc2ccccc2Cl)cc1. The summed E-state index contributed by atoms with van der Waals surface area (Å²) < 4.78 is 5.20. The number of hydrogen-bond donors (Lipinski definition) is 1. The lowest BCUT2D eigenvalue weighted by atomic mass is 9.96. The molecule has 0 spiro atoms. The standard InChI is InChI=1S/C20H24ClNO2/c1-14(2)12-19(15-8-10-17(24-3)11-9-15)22-20(23)13-16-6-4-5-7-18(16)21/h4-11,14,19H,12-13H2,1-3H3,(H,22,23)/t19-/m0/s1. The molecule has 128 valence electrons. The number of rotatable bonds is 7. The van der Waals surface area contributed by atoms with Crippen molar-refractivity contribution in [3.63, 3.8) is 0 Å². The lowest BCUT2D eigenvalue weighted by molar-refractivity contribution is -0.121. The highest BCUT2D eigenvalue weighted by Gasteiger charge is 2.17. The van der Waals surface area contributed by atoms with E-state index in [1.165, 1.54) is 0 Å². The first-order valence-corrected chi connectivity index (χ1v) is 8.54. The molecule has 0 fully saturated rings. The van der Waals surface area contributed by atoms with E-state index in [-0.39, 0.29) is 18.4 Å². The van der Waals surface area contributed by atoms with Gasteiger partial charge in [-0.15, -0.1) is 0 Å². The van der Waals surface area contributed by atoms with Crippen molar-refractivity contribution in [2.24, 2.45) is 5.92 Å². The minimum Gasteiger partial charge on any atom is -0.497 e. The van der Waals surface area contributed by atoms with Gasteiger partial charge in [-0.05, 0) is 41.7 Å². The van der Waals surface area contributed by atoms with E-state index in [0.717, 1.165) is 23.3 Å². The van der Waals surface area contributed by atoms with Crippen LogP contribution < -0.4 is 10.1 Å². The van der Waals surface area contributed by atoms with Gasteiger partial charge in [0.05, 0.1) is 19.6 Å². The minimum absolute atomic E-state index is 0.0223. The van der Waals surface area contributed by atoms with Gasteiger partial charge in [-0.1, -0.05) is 55.8 Å². The Bertz CT molecular complexity index is 668. The van der Waals surface area contributed by atoms with Gasteiger partial charge in [-0.3, -0.25) is 4.79 Å². The molecule has 2 rings (SSSR count). The quantitative estimate of drug-likeness (QED) is 0.783. The minimum atomic E-state index is -0.0235. The van der Waals surface area contributed by atoms with Gasteiger partial charge < -0.3 is 10.1 Å². The molecule has 0 aromatic heterocycles. The van der Waals surface area contributed by atoms with E-state index in [1.807, 2.05) is 42.5 Å². The summed E-state index contributed by atoms with van der Waals surface area (Å²) in [5.41, 5.74) is 1.92. The second-order valence-corrected chi connectivity index (χ2v) is 6.70. The molecule has 2 aromatic carbocycles. The maximum atomic E-state index is 12.5. The first-order valence-electron chi connectivity index (χ1n) is 8.16. The predicted octanol–water partition coefficient (Wildman–Crippen LogP) is 4.79. The molecule has 1 atom stereocenters. The summed E-state index contributed by atoms with van der Waals surface area (Å²) in [6, 6.07) is 15.3. The lowest BCUT2D eigenvalue weighted by Crippen LogP contribution is -2.30. The zero-order valence-electron chi connectivity index (χ0n) is 14.4. The fourth-order valence-corrected chi connectivity index (χ4v) is 2.85. The topological polar surface area (TPSA) is 38.3 Å². The van der Waals surface area contributed by atoms with Crippen LogP contribution in [0.5, 0.6) is 5.75 Å². The van der Waals surface area contributed by atoms with Crippen LogP contribution in [0.25, 0.3) is 0 Å². The van der Waals surface area contributed by atoms with E-state index in [1.54, 1.807) is 13.2 Å². The first kappa shape index (κ1) is 18.3. The summed E-state index contributed by atoms with van der Waals surface area (Å²) in [5, 5.41) is 3.76. The summed E-state index contributed by atoms with van der Waals surface area (Å²) in [7, 11) is 1.64. The highest BCUT2D eigenvalue weighted by molar-refractivity contribution is 6.31. The van der Waals surface area contributed by atoms with Crippen molar-refractivity contribution in [3.8, 4) is 5.75 Å². The van der Waals surface area contributed by atoms with E-state index >= 15 is 0 Å². The number of halogens is 1. The Labute approximate surface area is 149 Å². The molecule has 1 amide bonds. The van der Waals surface area contributed by atoms with Crippen LogP contribution in [0, 0.1) is 5.92 Å². The summed E-state index contributed by atoms with van der Waals surface area (Å²) in [5.74, 6) is 1.26. The number of amides is 1. The Morgan fingerprint density at radius 2 is 1.79 bits per heavy atom. The third-order valence-corrected chi connectivity index (χ3v) is 4.24. The molecule has 4 heteroatoms. The molecule has 2 aromatic rings. The molecule has 1 N–H and O–H groups in total. The molecular formula is C20H24ClNO2. The van der Waals surface area contributed by atoms with E-state index < -0.39 is 0 Å². The molecular weight excluding hydrogens is 322 g/mol. The van der Waals surface area contributed by atoms with Crippen molar-refractivity contribution in [1.29, 1.82) is 0 Å². The van der Waals surface area contributed by atoms with E-state index in [0.29, 0.717) is 10.9 Å². The predicted molar refractivity (Wildman–Crippen MR) is 98.5 cm³/mol. The molecule has 3 nitrogen and oxygen atoms in total. The number of carbonyl (C=O) groups is 1. The molecule has 24 heavy (non-hydrogen) atoms. The Balaban J connectivity index is 2.10. The van der Waals surface area contributed by atoms with Crippen LogP contribution >= 0.6 is 11.6 Å². The van der Waals surface area contributed by atoms with Gasteiger partial charge in [0.2, 0.25) is 5.91 Å². The Morgan fingerprint density at radius 3 is 2.38 bits per heavy atom. The van der Waals surface area contributed by atoms with Crippen molar-refractivity contribution in [2.45, 2.75) is 32.7 Å². The van der Waals surface area contributed by atoms with Gasteiger partial charge in [0.25, 0.3) is 0 Å². The zero-order valence-corrected chi connectivity index (χ0v) is 15.1. The lowest BCUT2D eigenvalue weighted by Gasteiger charge is -2.21. The Kier molecular flexibility index (Phi) is 6.68. The van der Waals surface area contributed by atoms with Crippen molar-refractivity contribution in [1.82, 2.24) is 5.32 Å². The molecule has 0 aliphatic carbocycles. The molecule has 0 unspecified atom stereocenters. The highest BCUT2D eigenvalue weighted by atomic mass is 35.5. The fraction of sp³-hybridized carbons (Fsp3) is 0.350. The molecule has 0 aliphatic rings. The van der Waals surface area contributed by atoms with Gasteiger partial charge in [-0.2, -0.15) is 0 Å². The molecule has 0 saturated heterocycles. The summed E-state index contributed by atoms with van der Waals surface area (Å²) in [4.78, 5) is 12.5. The van der Waals surface area contributed by atoms with Crippen molar-refractivity contribution in [2.75, 3.05) is 7.11 Å². The van der Waals surface area contributed by atoms with Gasteiger partial charge in [0.1, 0.15) is 5.75 Å². The number of ether oxygens (including phenoxy) is 1. The van der Waals surface area contributed by atoms with Crippen LogP contribution in [0.2, 0.25) is 5.02 Å². The van der Waals surface area contributed by atoms with Gasteiger partial charge in [0.15, 0.2) is 0 Å². The third-order valence-electron chi connectivity index (χ3n) is 3.87. The monoisotopic (exact) mass is 345 g/mol. The number of hydrogen-bond acceptors (Lipinski definition) is 2. The normalized spacial score (nSPS) is 12.0. The van der Waals surface area contributed by atoms with Gasteiger partial charge >= 0.3 is 0 Å². The maximum Gasteiger partial charge on any atom is 0.224 e. The average molecular weight is 346 g/mol. The molecule has 0 saturated carbocycles. The number of nitrogens with one attached hydrogen (secondary N) is 1. The average Bonchev–Trinajstić information content (AvgIpc) is 2.56. The van der Waals surface area contributed by atoms with Crippen LogP contribution in [-0.4, -0.2) is 13.0 Å². The van der Waals surface area contributed by atoms with E-state index in [4.69, 9.17) is 16.3 Å². The van der Waals surface area contributed by atoms with Crippen LogP contribution in [0.3, 0.4) is 0 Å². The van der Waals surface area contributed by atoms with E-state index in [9.17, 15) is 4.79 Å². The largest absolute Gasteiger partial charge is 0.497 e. The number of benzene rings is 2. The maximum absolute atomic E-state index is 12.5. The Morgan fingerprint density at radius 1 is 1.12 bits per heavy atom. The smallest absolute Gasteiger partial charge is 0.224 e. The number of carbonyl (C=O) groups excluding carboxylic acids is 1. The fourth-order valence-electron chi connectivity index (χ4n) is 2.65. The van der Waals surface area contributed by atoms with E-state index in [2.05, 4.69) is 19.2 Å². The summed E-state index contributed by atoms with van der Waals surface area (Å²) in [6.07, 6.45) is 1.16. The highest BCUT2D eigenvalue weighted by Crippen LogP contribution is 2.24. The number of methoxy groups -OCH3 is 1. The van der Waals surface area contributed by atoms with Crippen LogP contribution in [0.4, 0.5) is 0 Å². The molecule has 0 bridgehead atoms. The van der Waals surface area contributed by atoms with Gasteiger partial charge in [0, 0.05) is 5.02 Å². The van der Waals surface area contributed by atoms with Crippen molar-refractivity contribution in [3.05, 3.63) is 64.7 Å². The zero-order chi connectivity index (χ0) is 17.5.